The second-order valence-corrected chi connectivity index (χ2v) is 4.89. The topological polar surface area (TPSA) is 20.3 Å². The van der Waals surface area contributed by atoms with Gasteiger partial charge in [0, 0.05) is 24.0 Å². The summed E-state index contributed by atoms with van der Waals surface area (Å²) >= 11 is 5.83. The molecule has 1 heterocycles. The van der Waals surface area contributed by atoms with E-state index in [1.165, 1.54) is 5.56 Å². The number of ketones is 1. The highest BCUT2D eigenvalue weighted by atomic mass is 35.5. The van der Waals surface area contributed by atoms with Crippen molar-refractivity contribution in [2.75, 3.05) is 13.1 Å². The van der Waals surface area contributed by atoms with Crippen molar-refractivity contribution in [1.82, 2.24) is 4.90 Å². The van der Waals surface area contributed by atoms with Crippen LogP contribution in [-0.4, -0.2) is 23.8 Å². The fourth-order valence-corrected chi connectivity index (χ4v) is 2.28. The van der Waals surface area contributed by atoms with Crippen LogP contribution in [0.3, 0.4) is 0 Å². The van der Waals surface area contributed by atoms with Crippen molar-refractivity contribution in [2.24, 2.45) is 5.92 Å². The molecule has 2 rings (SSSR count). The quantitative estimate of drug-likeness (QED) is 0.806. The van der Waals surface area contributed by atoms with Gasteiger partial charge in [-0.15, -0.1) is 0 Å². The van der Waals surface area contributed by atoms with E-state index in [1.807, 2.05) is 24.3 Å². The van der Waals surface area contributed by atoms with Gasteiger partial charge < -0.3 is 0 Å². The van der Waals surface area contributed by atoms with Crippen LogP contribution in [0.5, 0.6) is 0 Å². The summed E-state index contributed by atoms with van der Waals surface area (Å²) in [7, 11) is 0. The van der Waals surface area contributed by atoms with Crippen LogP contribution < -0.4 is 0 Å². The lowest BCUT2D eigenvalue weighted by Gasteiger charge is -2.15. The molecular formula is C13H16ClNO. The Balaban J connectivity index is 1.92. The molecule has 1 aromatic rings. The first-order valence-electron chi connectivity index (χ1n) is 5.62. The fraction of sp³-hybridized carbons (Fsp3) is 0.462. The Kier molecular flexibility index (Phi) is 3.62. The van der Waals surface area contributed by atoms with Crippen LogP contribution in [0.1, 0.15) is 18.9 Å². The predicted octanol–water partition coefficient (Wildman–Crippen LogP) is 2.75. The Bertz CT molecular complexity index is 374. The number of carbonyl (C=O) groups is 1. The molecule has 0 spiro atoms. The molecule has 0 bridgehead atoms. The van der Waals surface area contributed by atoms with Crippen LogP contribution in [0.15, 0.2) is 24.3 Å². The monoisotopic (exact) mass is 237 g/mol. The number of hydrogen-bond donors (Lipinski definition) is 0. The van der Waals surface area contributed by atoms with Crippen molar-refractivity contribution in [1.29, 1.82) is 0 Å². The zero-order valence-corrected chi connectivity index (χ0v) is 10.2. The van der Waals surface area contributed by atoms with Crippen LogP contribution >= 0.6 is 11.6 Å². The molecule has 16 heavy (non-hydrogen) atoms. The molecule has 0 saturated carbocycles. The lowest BCUT2D eigenvalue weighted by Crippen LogP contribution is -2.21. The summed E-state index contributed by atoms with van der Waals surface area (Å²) in [5, 5.41) is 0.770. The molecule has 1 aromatic carbocycles. The van der Waals surface area contributed by atoms with Gasteiger partial charge in [0.05, 0.1) is 0 Å². The molecule has 0 aromatic heterocycles. The number of halogens is 1. The van der Waals surface area contributed by atoms with Gasteiger partial charge in [0.1, 0.15) is 5.78 Å². The van der Waals surface area contributed by atoms with Crippen molar-refractivity contribution in [3.63, 3.8) is 0 Å². The van der Waals surface area contributed by atoms with Crippen LogP contribution in [0.4, 0.5) is 0 Å². The van der Waals surface area contributed by atoms with E-state index in [-0.39, 0.29) is 5.92 Å². The Morgan fingerprint density at radius 1 is 1.44 bits per heavy atom. The van der Waals surface area contributed by atoms with E-state index in [4.69, 9.17) is 11.6 Å². The van der Waals surface area contributed by atoms with Gasteiger partial charge in [-0.05, 0) is 37.6 Å². The minimum Gasteiger partial charge on any atom is -0.300 e. The molecule has 1 fully saturated rings. The average Bonchev–Trinajstić information content (AvgIpc) is 2.70. The first-order chi connectivity index (χ1) is 7.65. The molecule has 1 unspecified atom stereocenters. The number of carbonyl (C=O) groups excluding carboxylic acids is 1. The van der Waals surface area contributed by atoms with Gasteiger partial charge in [-0.3, -0.25) is 9.69 Å². The van der Waals surface area contributed by atoms with Crippen molar-refractivity contribution in [3.8, 4) is 0 Å². The Morgan fingerprint density at radius 2 is 2.12 bits per heavy atom. The molecule has 1 aliphatic rings. The zero-order valence-electron chi connectivity index (χ0n) is 9.45. The molecule has 0 N–H and O–H groups in total. The fourth-order valence-electron chi connectivity index (χ4n) is 2.16. The minimum atomic E-state index is 0.243. The second-order valence-electron chi connectivity index (χ2n) is 4.46. The van der Waals surface area contributed by atoms with E-state index in [1.54, 1.807) is 6.92 Å². The van der Waals surface area contributed by atoms with Gasteiger partial charge >= 0.3 is 0 Å². The number of nitrogens with zero attached hydrogens (tertiary/aromatic N) is 1. The van der Waals surface area contributed by atoms with Gasteiger partial charge in [-0.1, -0.05) is 23.7 Å². The number of Topliss-reactive ketones (excluding diaryl/α,β-unsaturated/α-hetero) is 1. The summed E-state index contributed by atoms with van der Waals surface area (Å²) in [6.45, 7) is 4.53. The maximum Gasteiger partial charge on any atom is 0.134 e. The van der Waals surface area contributed by atoms with Gasteiger partial charge in [0.25, 0.3) is 0 Å². The number of hydrogen-bond acceptors (Lipinski definition) is 2. The largest absolute Gasteiger partial charge is 0.300 e. The average molecular weight is 238 g/mol. The van der Waals surface area contributed by atoms with E-state index >= 15 is 0 Å². The molecule has 86 valence electrons. The molecule has 0 amide bonds. The Morgan fingerprint density at radius 3 is 2.69 bits per heavy atom. The van der Waals surface area contributed by atoms with Crippen molar-refractivity contribution in [3.05, 3.63) is 34.9 Å². The van der Waals surface area contributed by atoms with Gasteiger partial charge in [0.2, 0.25) is 0 Å². The zero-order chi connectivity index (χ0) is 11.5. The third-order valence-corrected chi connectivity index (χ3v) is 3.42. The van der Waals surface area contributed by atoms with Crippen molar-refractivity contribution >= 4 is 17.4 Å². The highest BCUT2D eigenvalue weighted by Gasteiger charge is 2.25. The molecule has 3 heteroatoms. The Hall–Kier alpha value is -0.860. The third kappa shape index (κ3) is 2.83. The van der Waals surface area contributed by atoms with Gasteiger partial charge in [0.15, 0.2) is 0 Å². The summed E-state index contributed by atoms with van der Waals surface area (Å²) in [6.07, 6.45) is 1.00. The highest BCUT2D eigenvalue weighted by Crippen LogP contribution is 2.20. The summed E-state index contributed by atoms with van der Waals surface area (Å²) in [5.41, 5.74) is 1.26. The van der Waals surface area contributed by atoms with E-state index in [9.17, 15) is 4.79 Å². The summed E-state index contributed by atoms with van der Waals surface area (Å²) < 4.78 is 0. The molecule has 1 saturated heterocycles. The first-order valence-corrected chi connectivity index (χ1v) is 6.00. The summed E-state index contributed by atoms with van der Waals surface area (Å²) in [5.74, 6) is 0.561. The van der Waals surface area contributed by atoms with Crippen molar-refractivity contribution in [2.45, 2.75) is 19.9 Å². The summed E-state index contributed by atoms with van der Waals surface area (Å²) in [4.78, 5) is 13.6. The number of rotatable bonds is 3. The SMILES string of the molecule is CC(=O)C1CCN(Cc2ccc(Cl)cc2)C1. The second kappa shape index (κ2) is 4.98. The molecule has 1 atom stereocenters. The smallest absolute Gasteiger partial charge is 0.134 e. The van der Waals surface area contributed by atoms with E-state index < -0.39 is 0 Å². The third-order valence-electron chi connectivity index (χ3n) is 3.17. The first kappa shape index (κ1) is 11.6. The molecule has 1 aliphatic heterocycles. The predicted molar refractivity (Wildman–Crippen MR) is 65.5 cm³/mol. The number of likely N-dealkylation sites (tertiary alicyclic amines) is 1. The maximum absolute atomic E-state index is 11.2. The maximum atomic E-state index is 11.2. The minimum absolute atomic E-state index is 0.243. The van der Waals surface area contributed by atoms with Crippen molar-refractivity contribution < 1.29 is 4.79 Å². The molecular weight excluding hydrogens is 222 g/mol. The highest BCUT2D eigenvalue weighted by molar-refractivity contribution is 6.30. The lowest BCUT2D eigenvalue weighted by molar-refractivity contribution is -0.120. The Labute approximate surface area is 101 Å². The normalized spacial score (nSPS) is 21.2. The van der Waals surface area contributed by atoms with E-state index in [2.05, 4.69) is 4.90 Å². The lowest BCUT2D eigenvalue weighted by atomic mass is 10.1. The van der Waals surface area contributed by atoms with Crippen LogP contribution in [0, 0.1) is 5.92 Å². The number of benzene rings is 1. The molecule has 2 nitrogen and oxygen atoms in total. The van der Waals surface area contributed by atoms with Crippen LogP contribution in [-0.2, 0) is 11.3 Å². The molecule has 0 radical (unpaired) electrons. The van der Waals surface area contributed by atoms with Crippen LogP contribution in [0.25, 0.3) is 0 Å². The van der Waals surface area contributed by atoms with Crippen LogP contribution in [0.2, 0.25) is 5.02 Å². The standard InChI is InChI=1S/C13H16ClNO/c1-10(16)12-6-7-15(9-12)8-11-2-4-13(14)5-3-11/h2-5,12H,6-9H2,1H3. The van der Waals surface area contributed by atoms with E-state index in [0.717, 1.165) is 31.1 Å². The summed E-state index contributed by atoms with van der Waals surface area (Å²) in [6, 6.07) is 7.91. The van der Waals surface area contributed by atoms with Gasteiger partial charge in [-0.25, -0.2) is 0 Å². The molecule has 0 aliphatic carbocycles. The van der Waals surface area contributed by atoms with Gasteiger partial charge in [-0.2, -0.15) is 0 Å². The van der Waals surface area contributed by atoms with E-state index in [0.29, 0.717) is 5.78 Å².